The van der Waals surface area contributed by atoms with Crippen LogP contribution in [0.5, 0.6) is 0 Å². The molecule has 3 aromatic heterocycles. The average Bonchev–Trinajstić information content (AvgIpc) is 3.84. The van der Waals surface area contributed by atoms with Crippen molar-refractivity contribution in [2.45, 2.75) is 0 Å². The van der Waals surface area contributed by atoms with Crippen molar-refractivity contribution in [3.05, 3.63) is 168 Å². The smallest absolute Gasteiger partial charge is 0.218 e. The fourth-order valence-corrected chi connectivity index (χ4v) is 7.93. The van der Waals surface area contributed by atoms with E-state index >= 15 is 0 Å². The van der Waals surface area contributed by atoms with E-state index in [-0.39, 0.29) is 0 Å². The predicted octanol–water partition coefficient (Wildman–Crippen LogP) is 12.4. The van der Waals surface area contributed by atoms with Gasteiger partial charge < -0.3 is 13.6 Å². The van der Waals surface area contributed by atoms with Gasteiger partial charge in [-0.1, -0.05) is 91.0 Å². The number of fused-ring (bicyclic) bond motifs is 10. The molecular weight excluding hydrogens is 627 g/mol. The van der Waals surface area contributed by atoms with Crippen LogP contribution in [0.2, 0.25) is 0 Å². The van der Waals surface area contributed by atoms with Crippen molar-refractivity contribution < 1.29 is 4.42 Å². The van der Waals surface area contributed by atoms with Gasteiger partial charge in [0.15, 0.2) is 0 Å². The van der Waals surface area contributed by atoms with Gasteiger partial charge in [-0.05, 0) is 59.7 Å². The summed E-state index contributed by atoms with van der Waals surface area (Å²) in [6.45, 7) is 17.0. The molecule has 10 rings (SSSR count). The fourth-order valence-electron chi connectivity index (χ4n) is 7.93. The first-order valence-electron chi connectivity index (χ1n) is 16.5. The standard InChI is InChI=1S/C45H23N5O/c1-47-35-17-11-16-31(44(35)49-36-18-7-3-12-28(36)29-13-4-8-19-37(29)49)34-24-27(26-46)25-39(43(34)48-2)50-38-20-9-5-14-30(38)32-22-23-41-42(45(32)50)33-15-6-10-21-40(33)51-41/h3-25H. The molecule has 3 heterocycles. The van der Waals surface area contributed by atoms with E-state index in [1.165, 1.54) is 0 Å². The van der Waals surface area contributed by atoms with Crippen molar-refractivity contribution in [2.24, 2.45) is 0 Å². The number of hydrogen-bond donors (Lipinski definition) is 0. The molecule has 0 fully saturated rings. The highest BCUT2D eigenvalue weighted by molar-refractivity contribution is 6.25. The third-order valence-corrected chi connectivity index (χ3v) is 9.98. The molecule has 6 heteroatoms. The second kappa shape index (κ2) is 10.7. The normalized spacial score (nSPS) is 11.5. The minimum absolute atomic E-state index is 0.380. The van der Waals surface area contributed by atoms with Gasteiger partial charge in [0.25, 0.3) is 0 Å². The Morgan fingerprint density at radius 2 is 1.18 bits per heavy atom. The number of rotatable bonds is 3. The van der Waals surface area contributed by atoms with Gasteiger partial charge in [0.05, 0.1) is 63.6 Å². The van der Waals surface area contributed by atoms with E-state index in [0.717, 1.165) is 65.6 Å². The molecule has 51 heavy (non-hydrogen) atoms. The molecule has 0 radical (unpaired) electrons. The van der Waals surface area contributed by atoms with E-state index in [2.05, 4.69) is 73.4 Å². The highest BCUT2D eigenvalue weighted by atomic mass is 16.3. The lowest BCUT2D eigenvalue weighted by Crippen LogP contribution is -2.01. The van der Waals surface area contributed by atoms with Gasteiger partial charge in [0, 0.05) is 26.9 Å². The van der Waals surface area contributed by atoms with Gasteiger partial charge in [0.2, 0.25) is 11.4 Å². The maximum absolute atomic E-state index is 10.5. The monoisotopic (exact) mass is 649 g/mol. The third kappa shape index (κ3) is 3.89. The van der Waals surface area contributed by atoms with E-state index in [0.29, 0.717) is 39.4 Å². The summed E-state index contributed by atoms with van der Waals surface area (Å²) in [5.41, 5.74) is 9.00. The lowest BCUT2D eigenvalue weighted by Gasteiger charge is -2.19. The third-order valence-electron chi connectivity index (χ3n) is 9.98. The van der Waals surface area contributed by atoms with Crippen LogP contribution in [-0.2, 0) is 0 Å². The highest BCUT2D eigenvalue weighted by Crippen LogP contribution is 2.48. The van der Waals surface area contributed by atoms with Gasteiger partial charge in [0.1, 0.15) is 11.2 Å². The van der Waals surface area contributed by atoms with Gasteiger partial charge in [-0.2, -0.15) is 5.26 Å². The molecule has 0 aliphatic rings. The largest absolute Gasteiger partial charge is 0.456 e. The Morgan fingerprint density at radius 1 is 0.549 bits per heavy atom. The van der Waals surface area contributed by atoms with Crippen molar-refractivity contribution in [2.75, 3.05) is 0 Å². The molecule has 0 aliphatic heterocycles. The van der Waals surface area contributed by atoms with Gasteiger partial charge in [-0.25, -0.2) is 9.69 Å². The molecule has 6 nitrogen and oxygen atoms in total. The minimum Gasteiger partial charge on any atom is -0.456 e. The number of benzene rings is 7. The molecule has 0 spiro atoms. The van der Waals surface area contributed by atoms with Crippen molar-refractivity contribution in [1.82, 2.24) is 9.13 Å². The summed E-state index contributed by atoms with van der Waals surface area (Å²) in [6.07, 6.45) is 0. The quantitative estimate of drug-likeness (QED) is 0.179. The number of nitrogens with zero attached hydrogens (tertiary/aromatic N) is 5. The van der Waals surface area contributed by atoms with E-state index in [4.69, 9.17) is 17.6 Å². The van der Waals surface area contributed by atoms with E-state index in [1.54, 1.807) is 6.07 Å². The summed E-state index contributed by atoms with van der Waals surface area (Å²) in [5.74, 6) is 0. The van der Waals surface area contributed by atoms with Crippen LogP contribution in [0.4, 0.5) is 11.4 Å². The fraction of sp³-hybridized carbons (Fsp3) is 0. The summed E-state index contributed by atoms with van der Waals surface area (Å²) >= 11 is 0. The van der Waals surface area contributed by atoms with E-state index < -0.39 is 0 Å². The highest BCUT2D eigenvalue weighted by Gasteiger charge is 2.25. The Hall–Kier alpha value is -7.59. The van der Waals surface area contributed by atoms with Gasteiger partial charge in [-0.15, -0.1) is 0 Å². The maximum atomic E-state index is 10.5. The van der Waals surface area contributed by atoms with Crippen molar-refractivity contribution in [3.8, 4) is 28.6 Å². The number of para-hydroxylation sites is 5. The second-order valence-corrected chi connectivity index (χ2v) is 12.6. The second-order valence-electron chi connectivity index (χ2n) is 12.6. The molecule has 0 unspecified atom stereocenters. The Labute approximate surface area is 291 Å². The van der Waals surface area contributed by atoms with Crippen molar-refractivity contribution in [3.63, 3.8) is 0 Å². The summed E-state index contributed by atoms with van der Waals surface area (Å²) < 4.78 is 10.6. The van der Waals surface area contributed by atoms with Crippen LogP contribution < -0.4 is 0 Å². The number of hydrogen-bond acceptors (Lipinski definition) is 2. The van der Waals surface area contributed by atoms with Gasteiger partial charge >= 0.3 is 0 Å². The average molecular weight is 650 g/mol. The van der Waals surface area contributed by atoms with Crippen LogP contribution in [0, 0.1) is 24.5 Å². The molecule has 0 bridgehead atoms. The van der Waals surface area contributed by atoms with Crippen molar-refractivity contribution in [1.29, 1.82) is 5.26 Å². The first kappa shape index (κ1) is 28.4. The Kier molecular flexibility index (Phi) is 5.97. The Balaban J connectivity index is 1.37. The van der Waals surface area contributed by atoms with Crippen LogP contribution in [0.15, 0.2) is 144 Å². The van der Waals surface area contributed by atoms with Crippen LogP contribution >= 0.6 is 0 Å². The first-order valence-corrected chi connectivity index (χ1v) is 16.5. The molecule has 7 aromatic carbocycles. The lowest BCUT2D eigenvalue weighted by molar-refractivity contribution is 0.669. The first-order chi connectivity index (χ1) is 25.2. The van der Waals surface area contributed by atoms with Gasteiger partial charge in [-0.3, -0.25) is 0 Å². The zero-order chi connectivity index (χ0) is 34.2. The number of aromatic nitrogens is 2. The Bertz CT molecular complexity index is 3190. The molecule has 0 atom stereocenters. The zero-order valence-electron chi connectivity index (χ0n) is 26.9. The number of furan rings is 1. The molecule has 0 amide bonds. The summed E-state index contributed by atoms with van der Waals surface area (Å²) in [4.78, 5) is 8.24. The molecule has 0 saturated heterocycles. The summed E-state index contributed by atoms with van der Waals surface area (Å²) in [7, 11) is 0. The molecule has 0 aliphatic carbocycles. The van der Waals surface area contributed by atoms with E-state index in [9.17, 15) is 5.26 Å². The number of nitriles is 1. The van der Waals surface area contributed by atoms with Crippen LogP contribution in [0.1, 0.15) is 5.56 Å². The molecular formula is C45H23N5O. The topological polar surface area (TPSA) is 55.5 Å². The molecule has 0 saturated carbocycles. The zero-order valence-corrected chi connectivity index (χ0v) is 26.9. The Morgan fingerprint density at radius 3 is 1.84 bits per heavy atom. The molecule has 0 N–H and O–H groups in total. The molecule has 10 aromatic rings. The van der Waals surface area contributed by atoms with Crippen molar-refractivity contribution >= 4 is 76.9 Å². The summed E-state index contributed by atoms with van der Waals surface area (Å²) in [5, 5.41) is 16.6. The minimum atomic E-state index is 0.380. The maximum Gasteiger partial charge on any atom is 0.218 e. The SMILES string of the molecule is [C-]#[N+]c1cccc(-c2cc(C#N)cc(-n3c4ccccc4c4ccc5oc6ccccc6c5c43)c2[N+]#[C-])c1-n1c2ccccc2c2ccccc21. The molecule has 234 valence electrons. The van der Waals surface area contributed by atoms with Crippen LogP contribution in [-0.4, -0.2) is 9.13 Å². The van der Waals surface area contributed by atoms with E-state index in [1.807, 2.05) is 84.9 Å². The summed E-state index contributed by atoms with van der Waals surface area (Å²) in [6, 6.07) is 48.2. The lowest BCUT2D eigenvalue weighted by atomic mass is 9.96. The predicted molar refractivity (Wildman–Crippen MR) is 205 cm³/mol. The van der Waals surface area contributed by atoms with Crippen LogP contribution in [0.3, 0.4) is 0 Å². The van der Waals surface area contributed by atoms with Crippen LogP contribution in [0.25, 0.3) is 97.7 Å².